The predicted molar refractivity (Wildman–Crippen MR) is 59.5 cm³/mol. The van der Waals surface area contributed by atoms with E-state index in [0.717, 1.165) is 10.6 Å². The summed E-state index contributed by atoms with van der Waals surface area (Å²) >= 11 is 1.53. The Kier molecular flexibility index (Phi) is 2.19. The molecule has 0 N–H and O–H groups in total. The first-order valence-corrected chi connectivity index (χ1v) is 5.29. The molecular weight excluding hydrogens is 194 g/mol. The molecule has 3 heteroatoms. The average Bonchev–Trinajstić information content (AvgIpc) is 2.43. The van der Waals surface area contributed by atoms with Gasteiger partial charge in [0.25, 0.3) is 5.91 Å². The van der Waals surface area contributed by atoms with Crippen molar-refractivity contribution in [1.29, 1.82) is 0 Å². The third-order valence-electron chi connectivity index (χ3n) is 2.34. The van der Waals surface area contributed by atoms with E-state index >= 15 is 0 Å². The maximum Gasteiger partial charge on any atom is 0.267 e. The number of carbonyl (C=O) groups excluding carboxylic acids is 1. The van der Waals surface area contributed by atoms with Gasteiger partial charge in [0.05, 0.1) is 5.04 Å². The zero-order valence-electron chi connectivity index (χ0n) is 8.15. The van der Waals surface area contributed by atoms with Crippen LogP contribution in [-0.4, -0.2) is 11.0 Å². The number of carbonyl (C=O) groups is 1. The molecule has 0 radical (unpaired) electrons. The number of thioether (sulfide) groups is 1. The largest absolute Gasteiger partial charge is 0.271 e. The van der Waals surface area contributed by atoms with Crippen LogP contribution in [0.15, 0.2) is 35.3 Å². The highest BCUT2D eigenvalue weighted by Crippen LogP contribution is 2.42. The van der Waals surface area contributed by atoms with Crippen LogP contribution in [0.2, 0.25) is 0 Å². The number of hydrogen-bond donors (Lipinski definition) is 0. The quantitative estimate of drug-likeness (QED) is 0.705. The van der Waals surface area contributed by atoms with E-state index in [9.17, 15) is 4.79 Å². The highest BCUT2D eigenvalue weighted by molar-refractivity contribution is 8.15. The maximum atomic E-state index is 11.7. The zero-order chi connectivity index (χ0) is 10.2. The summed E-state index contributed by atoms with van der Waals surface area (Å²) in [5.41, 5.74) is 1.02. The first-order valence-electron chi connectivity index (χ1n) is 4.47. The fraction of sp³-hybridized carbons (Fsp3) is 0.273. The number of benzene rings is 1. The molecule has 0 spiro atoms. The van der Waals surface area contributed by atoms with Crippen LogP contribution in [0.3, 0.4) is 0 Å². The second kappa shape index (κ2) is 3.24. The molecule has 0 aromatic heterocycles. The molecule has 0 saturated heterocycles. The number of amides is 1. The van der Waals surface area contributed by atoms with Gasteiger partial charge in [0.2, 0.25) is 0 Å². The second-order valence-corrected chi connectivity index (χ2v) is 5.05. The van der Waals surface area contributed by atoms with Crippen molar-refractivity contribution in [3.05, 3.63) is 35.9 Å². The summed E-state index contributed by atoms with van der Waals surface area (Å²) in [6, 6.07) is 9.78. The first-order chi connectivity index (χ1) is 6.63. The summed E-state index contributed by atoms with van der Waals surface area (Å²) in [5.74, 6) is -0.0498. The van der Waals surface area contributed by atoms with Crippen molar-refractivity contribution >= 4 is 22.7 Å². The number of nitrogens with zero attached hydrogens (tertiary/aromatic N) is 1. The summed E-state index contributed by atoms with van der Waals surface area (Å²) in [7, 11) is 0. The lowest BCUT2D eigenvalue weighted by molar-refractivity contribution is -0.119. The Hall–Kier alpha value is -1.09. The minimum atomic E-state index is -0.509. The van der Waals surface area contributed by atoms with Crippen molar-refractivity contribution < 1.29 is 4.79 Å². The van der Waals surface area contributed by atoms with Crippen molar-refractivity contribution in [3.63, 3.8) is 0 Å². The van der Waals surface area contributed by atoms with Crippen molar-refractivity contribution in [1.82, 2.24) is 0 Å². The van der Waals surface area contributed by atoms with Crippen molar-refractivity contribution in [3.8, 4) is 0 Å². The van der Waals surface area contributed by atoms with E-state index < -0.39 is 4.75 Å². The molecule has 1 atom stereocenters. The van der Waals surface area contributed by atoms with Crippen LogP contribution < -0.4 is 0 Å². The molecule has 0 saturated carbocycles. The minimum absolute atomic E-state index is 0.0498. The topological polar surface area (TPSA) is 29.4 Å². The Morgan fingerprint density at radius 3 is 2.43 bits per heavy atom. The monoisotopic (exact) mass is 205 g/mol. The Morgan fingerprint density at radius 1 is 1.29 bits per heavy atom. The highest BCUT2D eigenvalue weighted by Gasteiger charge is 2.40. The molecule has 1 heterocycles. The van der Waals surface area contributed by atoms with E-state index in [1.807, 2.05) is 44.2 Å². The second-order valence-electron chi connectivity index (χ2n) is 3.44. The number of aliphatic imine (C=N–C) groups is 1. The zero-order valence-corrected chi connectivity index (χ0v) is 8.97. The summed E-state index contributed by atoms with van der Waals surface area (Å²) in [5, 5.41) is 0.848. The standard InChI is InChI=1S/C11H11NOS/c1-8-12-10(13)11(2,14-8)9-6-4-3-5-7-9/h3-7H,1-2H3. The third kappa shape index (κ3) is 1.38. The molecule has 2 nitrogen and oxygen atoms in total. The molecule has 1 aromatic rings. The van der Waals surface area contributed by atoms with Crippen LogP contribution in [0.1, 0.15) is 19.4 Å². The molecule has 0 aliphatic carbocycles. The van der Waals surface area contributed by atoms with Gasteiger partial charge in [0.15, 0.2) is 0 Å². The van der Waals surface area contributed by atoms with Crippen LogP contribution in [-0.2, 0) is 9.54 Å². The Labute approximate surface area is 87.4 Å². The van der Waals surface area contributed by atoms with E-state index in [0.29, 0.717) is 0 Å². The van der Waals surface area contributed by atoms with Gasteiger partial charge in [0, 0.05) is 0 Å². The minimum Gasteiger partial charge on any atom is -0.271 e. The van der Waals surface area contributed by atoms with Crippen molar-refractivity contribution in [2.75, 3.05) is 0 Å². The van der Waals surface area contributed by atoms with Crippen LogP contribution in [0.5, 0.6) is 0 Å². The van der Waals surface area contributed by atoms with Gasteiger partial charge >= 0.3 is 0 Å². The lowest BCUT2D eigenvalue weighted by Gasteiger charge is -2.19. The lowest BCUT2D eigenvalue weighted by Crippen LogP contribution is -2.23. The van der Waals surface area contributed by atoms with Gasteiger partial charge in [-0.3, -0.25) is 4.79 Å². The van der Waals surface area contributed by atoms with Crippen LogP contribution >= 0.6 is 11.8 Å². The van der Waals surface area contributed by atoms with Crippen molar-refractivity contribution in [2.45, 2.75) is 18.6 Å². The van der Waals surface area contributed by atoms with Gasteiger partial charge in [-0.15, -0.1) is 0 Å². The van der Waals surface area contributed by atoms with Gasteiger partial charge in [-0.2, -0.15) is 0 Å². The molecule has 1 aliphatic heterocycles. The SMILES string of the molecule is CC1=NC(=O)C(C)(c2ccccc2)S1. The van der Waals surface area contributed by atoms with E-state index in [2.05, 4.69) is 4.99 Å². The molecule has 1 unspecified atom stereocenters. The Balaban J connectivity index is 2.41. The van der Waals surface area contributed by atoms with Crippen LogP contribution in [0.25, 0.3) is 0 Å². The molecule has 14 heavy (non-hydrogen) atoms. The normalized spacial score (nSPS) is 26.4. The average molecular weight is 205 g/mol. The molecule has 0 fully saturated rings. The summed E-state index contributed by atoms with van der Waals surface area (Å²) in [4.78, 5) is 15.7. The summed E-state index contributed by atoms with van der Waals surface area (Å²) in [6.07, 6.45) is 0. The van der Waals surface area contributed by atoms with Gasteiger partial charge in [-0.25, -0.2) is 4.99 Å². The number of rotatable bonds is 1. The Morgan fingerprint density at radius 2 is 1.93 bits per heavy atom. The van der Waals surface area contributed by atoms with Gasteiger partial charge in [-0.05, 0) is 19.4 Å². The van der Waals surface area contributed by atoms with E-state index in [1.54, 1.807) is 0 Å². The molecular formula is C11H11NOS. The van der Waals surface area contributed by atoms with Crippen LogP contribution in [0, 0.1) is 0 Å². The molecule has 1 amide bonds. The van der Waals surface area contributed by atoms with Gasteiger partial charge < -0.3 is 0 Å². The predicted octanol–water partition coefficient (Wildman–Crippen LogP) is 2.59. The van der Waals surface area contributed by atoms with Crippen molar-refractivity contribution in [2.24, 2.45) is 4.99 Å². The van der Waals surface area contributed by atoms with Crippen LogP contribution in [0.4, 0.5) is 0 Å². The van der Waals surface area contributed by atoms with Gasteiger partial charge in [-0.1, -0.05) is 42.1 Å². The Bertz CT molecular complexity index is 399. The summed E-state index contributed by atoms with van der Waals surface area (Å²) < 4.78 is -0.509. The first kappa shape index (κ1) is 9.46. The molecule has 72 valence electrons. The smallest absolute Gasteiger partial charge is 0.267 e. The molecule has 2 rings (SSSR count). The van der Waals surface area contributed by atoms with E-state index in [1.165, 1.54) is 11.8 Å². The number of hydrogen-bond acceptors (Lipinski definition) is 2. The van der Waals surface area contributed by atoms with Gasteiger partial charge in [0.1, 0.15) is 4.75 Å². The molecule has 1 aliphatic rings. The maximum absolute atomic E-state index is 11.7. The fourth-order valence-corrected chi connectivity index (χ4v) is 2.66. The third-order valence-corrected chi connectivity index (χ3v) is 3.55. The lowest BCUT2D eigenvalue weighted by atomic mass is 10.00. The molecule has 1 aromatic carbocycles. The van der Waals surface area contributed by atoms with E-state index in [-0.39, 0.29) is 5.91 Å². The molecule has 0 bridgehead atoms. The highest BCUT2D eigenvalue weighted by atomic mass is 32.2. The summed E-state index contributed by atoms with van der Waals surface area (Å²) in [6.45, 7) is 3.80. The van der Waals surface area contributed by atoms with E-state index in [4.69, 9.17) is 0 Å². The fourth-order valence-electron chi connectivity index (χ4n) is 1.55.